The summed E-state index contributed by atoms with van der Waals surface area (Å²) in [6.07, 6.45) is 0.811. The zero-order valence-electron chi connectivity index (χ0n) is 32.3. The van der Waals surface area contributed by atoms with E-state index in [4.69, 9.17) is 24.9 Å². The van der Waals surface area contributed by atoms with Crippen molar-refractivity contribution in [3.63, 3.8) is 0 Å². The van der Waals surface area contributed by atoms with Crippen molar-refractivity contribution in [3.05, 3.63) is 194 Å². The molecule has 0 spiro atoms. The highest BCUT2D eigenvalue weighted by atomic mass is 15.1. The molecule has 8 aromatic carbocycles. The monoisotopic (exact) mass is 756 g/mol. The molecular formula is C53H36N6. The summed E-state index contributed by atoms with van der Waals surface area (Å²) < 4.78 is 2.29. The van der Waals surface area contributed by atoms with Gasteiger partial charge in [-0.1, -0.05) is 159 Å². The molecule has 3 aromatic heterocycles. The quantitative estimate of drug-likeness (QED) is 0.151. The molecule has 0 aliphatic carbocycles. The molecule has 0 fully saturated rings. The summed E-state index contributed by atoms with van der Waals surface area (Å²) in [5, 5.41) is 5.61. The number of aromatic nitrogens is 6. The van der Waals surface area contributed by atoms with E-state index in [2.05, 4.69) is 139 Å². The molecule has 0 unspecified atom stereocenters. The fourth-order valence-corrected chi connectivity index (χ4v) is 8.27. The summed E-state index contributed by atoms with van der Waals surface area (Å²) in [7, 11) is 0. The van der Waals surface area contributed by atoms with Gasteiger partial charge in [0, 0.05) is 45.1 Å². The molecule has 11 aromatic rings. The zero-order chi connectivity index (χ0) is 39.3. The molecule has 0 aliphatic heterocycles. The third-order valence-corrected chi connectivity index (χ3v) is 11.2. The predicted molar refractivity (Wildman–Crippen MR) is 241 cm³/mol. The highest BCUT2D eigenvalue weighted by molar-refractivity contribution is 6.20. The van der Waals surface area contributed by atoms with Crippen LogP contribution in [-0.4, -0.2) is 29.5 Å². The fraction of sp³-hybridized carbons (Fsp3) is 0.0377. The van der Waals surface area contributed by atoms with Gasteiger partial charge in [-0.3, -0.25) is 4.57 Å². The fourth-order valence-electron chi connectivity index (χ4n) is 8.27. The first-order valence-corrected chi connectivity index (χ1v) is 20.0. The lowest BCUT2D eigenvalue weighted by molar-refractivity contribution is 0.908. The summed E-state index contributed by atoms with van der Waals surface area (Å²) in [6, 6.07) is 65.4. The van der Waals surface area contributed by atoms with Gasteiger partial charge in [0.1, 0.15) is 5.82 Å². The molecule has 0 bridgehead atoms. The Labute approximate surface area is 341 Å². The number of imidazole rings is 1. The van der Waals surface area contributed by atoms with Gasteiger partial charge in [0.25, 0.3) is 0 Å². The minimum atomic E-state index is 0.643. The van der Waals surface area contributed by atoms with E-state index in [1.165, 1.54) is 0 Å². The average molecular weight is 757 g/mol. The van der Waals surface area contributed by atoms with E-state index in [0.29, 0.717) is 17.5 Å². The summed E-state index contributed by atoms with van der Waals surface area (Å²) in [5.41, 5.74) is 11.2. The van der Waals surface area contributed by atoms with E-state index in [9.17, 15) is 0 Å². The highest BCUT2D eigenvalue weighted by Gasteiger charge is 2.20. The number of aryl methyl sites for hydroxylation is 1. The summed E-state index contributed by atoms with van der Waals surface area (Å²) >= 11 is 0. The maximum absolute atomic E-state index is 5.32. The number of rotatable bonds is 7. The maximum Gasteiger partial charge on any atom is 0.164 e. The Kier molecular flexibility index (Phi) is 8.33. The normalized spacial score (nSPS) is 11.5. The molecule has 0 aliphatic rings. The molecule has 6 heteroatoms. The Morgan fingerprint density at radius 2 is 0.949 bits per heavy atom. The Bertz CT molecular complexity index is 3280. The second kappa shape index (κ2) is 14.3. The average Bonchev–Trinajstić information content (AvgIpc) is 3.71. The highest BCUT2D eigenvalue weighted by Crippen LogP contribution is 2.39. The smallest absolute Gasteiger partial charge is 0.164 e. The van der Waals surface area contributed by atoms with Crippen LogP contribution in [0.1, 0.15) is 12.7 Å². The molecule has 278 valence electrons. The first-order valence-electron chi connectivity index (χ1n) is 20.0. The van der Waals surface area contributed by atoms with Crippen LogP contribution in [0.25, 0.3) is 106 Å². The lowest BCUT2D eigenvalue weighted by Gasteiger charge is -2.13. The number of hydrogen-bond donors (Lipinski definition) is 0. The van der Waals surface area contributed by atoms with Gasteiger partial charge in [0.2, 0.25) is 0 Å². The van der Waals surface area contributed by atoms with Gasteiger partial charge in [-0.2, -0.15) is 0 Å². The zero-order valence-corrected chi connectivity index (χ0v) is 32.3. The lowest BCUT2D eigenvalue weighted by atomic mass is 9.96. The topological polar surface area (TPSA) is 69.4 Å². The van der Waals surface area contributed by atoms with Gasteiger partial charge in [-0.15, -0.1) is 0 Å². The number of para-hydroxylation sites is 2. The summed E-state index contributed by atoms with van der Waals surface area (Å²) in [4.78, 5) is 25.4. The van der Waals surface area contributed by atoms with Crippen molar-refractivity contribution < 1.29 is 0 Å². The molecule has 0 saturated carbocycles. The third-order valence-electron chi connectivity index (χ3n) is 11.2. The molecule has 0 atom stereocenters. The van der Waals surface area contributed by atoms with Gasteiger partial charge in [0.15, 0.2) is 17.5 Å². The SMILES string of the molecule is CCc1nc2c3c(-c4ccc(-c5ccc6cc(-c7nc(-c8ccccc8)nc(-c8ccccc8)n7)ccc6c5)cc4)nc4ccccc4c3ccc2n1-c1ccccc1. The second-order valence-electron chi connectivity index (χ2n) is 14.8. The molecule has 0 radical (unpaired) electrons. The van der Waals surface area contributed by atoms with E-state index >= 15 is 0 Å². The Morgan fingerprint density at radius 3 is 1.61 bits per heavy atom. The van der Waals surface area contributed by atoms with Crippen molar-refractivity contribution in [2.45, 2.75) is 13.3 Å². The van der Waals surface area contributed by atoms with E-state index in [1.807, 2.05) is 60.7 Å². The first kappa shape index (κ1) is 34.4. The van der Waals surface area contributed by atoms with Gasteiger partial charge in [-0.25, -0.2) is 24.9 Å². The van der Waals surface area contributed by atoms with Crippen LogP contribution in [0.4, 0.5) is 0 Å². The third kappa shape index (κ3) is 6.10. The summed E-state index contributed by atoms with van der Waals surface area (Å²) in [6.45, 7) is 2.17. The number of fused-ring (bicyclic) bond motifs is 6. The molecule has 6 nitrogen and oxygen atoms in total. The molecule has 59 heavy (non-hydrogen) atoms. The van der Waals surface area contributed by atoms with Gasteiger partial charge < -0.3 is 0 Å². The summed E-state index contributed by atoms with van der Waals surface area (Å²) in [5.74, 6) is 2.97. The van der Waals surface area contributed by atoms with Crippen molar-refractivity contribution in [3.8, 4) is 62.2 Å². The first-order chi connectivity index (χ1) is 29.2. The minimum absolute atomic E-state index is 0.643. The Hall–Kier alpha value is -7.83. The Balaban J connectivity index is 0.977. The van der Waals surface area contributed by atoms with E-state index in [-0.39, 0.29) is 0 Å². The van der Waals surface area contributed by atoms with Crippen molar-refractivity contribution in [2.24, 2.45) is 0 Å². The number of hydrogen-bond acceptors (Lipinski definition) is 5. The van der Waals surface area contributed by atoms with Crippen LogP contribution >= 0.6 is 0 Å². The van der Waals surface area contributed by atoms with Crippen LogP contribution in [0.15, 0.2) is 188 Å². The van der Waals surface area contributed by atoms with Crippen molar-refractivity contribution >= 4 is 43.5 Å². The van der Waals surface area contributed by atoms with Crippen molar-refractivity contribution in [1.82, 2.24) is 29.5 Å². The maximum atomic E-state index is 5.32. The lowest BCUT2D eigenvalue weighted by Crippen LogP contribution is -2.00. The molecule has 11 rings (SSSR count). The predicted octanol–water partition coefficient (Wildman–Crippen LogP) is 13.0. The molecule has 0 N–H and O–H groups in total. The van der Waals surface area contributed by atoms with Crippen LogP contribution in [0, 0.1) is 0 Å². The van der Waals surface area contributed by atoms with Crippen molar-refractivity contribution in [2.75, 3.05) is 0 Å². The molecule has 0 saturated heterocycles. The standard InChI is InChI=1S/C53H36N6/c1-2-47-55-50-46(59(47)42-18-10-5-11-19-42)31-30-44-43-20-12-13-21-45(43)54-49(48(44)50)35-24-22-34(23-25-35)38-26-27-40-33-41(29-28-39(40)32-38)53-57-51(36-14-6-3-7-15-36)56-52(58-53)37-16-8-4-9-17-37/h3-33H,2H2,1H3. The van der Waals surface area contributed by atoms with Gasteiger partial charge >= 0.3 is 0 Å². The van der Waals surface area contributed by atoms with Crippen LogP contribution in [0.5, 0.6) is 0 Å². The van der Waals surface area contributed by atoms with Crippen molar-refractivity contribution in [1.29, 1.82) is 0 Å². The number of pyridine rings is 1. The van der Waals surface area contributed by atoms with Gasteiger partial charge in [0.05, 0.1) is 22.2 Å². The minimum Gasteiger partial charge on any atom is -0.296 e. The van der Waals surface area contributed by atoms with E-state index in [1.54, 1.807) is 0 Å². The van der Waals surface area contributed by atoms with Gasteiger partial charge in [-0.05, 0) is 63.7 Å². The number of nitrogens with zero attached hydrogens (tertiary/aromatic N) is 6. The van der Waals surface area contributed by atoms with E-state index in [0.717, 1.165) is 100 Å². The molecular weight excluding hydrogens is 721 g/mol. The van der Waals surface area contributed by atoms with E-state index < -0.39 is 0 Å². The second-order valence-corrected chi connectivity index (χ2v) is 14.8. The largest absolute Gasteiger partial charge is 0.296 e. The molecule has 3 heterocycles. The van der Waals surface area contributed by atoms with Crippen LogP contribution in [0.3, 0.4) is 0 Å². The number of benzene rings is 8. The van der Waals surface area contributed by atoms with Crippen LogP contribution in [0.2, 0.25) is 0 Å². The molecule has 0 amide bonds. The van der Waals surface area contributed by atoms with Crippen LogP contribution in [-0.2, 0) is 6.42 Å². The van der Waals surface area contributed by atoms with Crippen LogP contribution < -0.4 is 0 Å². The Morgan fingerprint density at radius 1 is 0.407 bits per heavy atom.